The van der Waals surface area contributed by atoms with Gasteiger partial charge in [0.05, 0.1) is 11.5 Å². The van der Waals surface area contributed by atoms with E-state index in [9.17, 15) is 8.42 Å². The van der Waals surface area contributed by atoms with E-state index in [-0.39, 0.29) is 17.4 Å². The van der Waals surface area contributed by atoms with Crippen LogP contribution in [0.25, 0.3) is 0 Å². The third-order valence-corrected chi connectivity index (χ3v) is 4.60. The predicted octanol–water partition coefficient (Wildman–Crippen LogP) is 0.800. The van der Waals surface area contributed by atoms with Crippen LogP contribution in [0.1, 0.15) is 12.1 Å². The highest BCUT2D eigenvalue weighted by atomic mass is 32.2. The number of nitrogens with zero attached hydrogens (tertiary/aromatic N) is 2. The molecule has 2 heterocycles. The first kappa shape index (κ1) is 11.9. The van der Waals surface area contributed by atoms with Gasteiger partial charge in [0, 0.05) is 6.54 Å². The van der Waals surface area contributed by atoms with E-state index in [2.05, 4.69) is 10.3 Å². The zero-order valence-corrected chi connectivity index (χ0v) is 10.1. The van der Waals surface area contributed by atoms with Gasteiger partial charge in [-0.25, -0.2) is 13.4 Å². The van der Waals surface area contributed by atoms with Crippen LogP contribution in [0.3, 0.4) is 0 Å². The molecule has 1 unspecified atom stereocenters. The smallest absolute Gasteiger partial charge is 0.150 e. The molecule has 0 spiro atoms. The number of sulfone groups is 1. The normalized spacial score (nSPS) is 21.9. The molecule has 1 aromatic rings. The van der Waals surface area contributed by atoms with Crippen molar-refractivity contribution < 1.29 is 8.42 Å². The number of nitrogens with one attached hydrogen (secondary N) is 1. The number of aromatic nitrogens is 1. The maximum atomic E-state index is 11.3. The summed E-state index contributed by atoms with van der Waals surface area (Å²) in [5, 5.41) is 11.8. The summed E-state index contributed by atoms with van der Waals surface area (Å²) < 4.78 is 22.5. The second-order valence-electron chi connectivity index (χ2n) is 4.17. The topological polar surface area (TPSA) is 82.9 Å². The lowest BCUT2D eigenvalue weighted by molar-refractivity contribution is 0.595. The number of pyridine rings is 1. The number of hydrogen-bond donors (Lipinski definition) is 1. The zero-order chi connectivity index (χ0) is 12.3. The van der Waals surface area contributed by atoms with Crippen molar-refractivity contribution in [2.24, 2.45) is 5.92 Å². The van der Waals surface area contributed by atoms with Crippen molar-refractivity contribution in [2.75, 3.05) is 23.4 Å². The van der Waals surface area contributed by atoms with Gasteiger partial charge >= 0.3 is 0 Å². The summed E-state index contributed by atoms with van der Waals surface area (Å²) in [5.74, 6) is 1.30. The van der Waals surface area contributed by atoms with Crippen LogP contribution in [-0.4, -0.2) is 31.5 Å². The minimum Gasteiger partial charge on any atom is -0.370 e. The van der Waals surface area contributed by atoms with Crippen LogP contribution in [0.2, 0.25) is 0 Å². The van der Waals surface area contributed by atoms with E-state index in [0.717, 1.165) is 0 Å². The molecule has 1 aromatic heterocycles. The van der Waals surface area contributed by atoms with Crippen LogP contribution < -0.4 is 5.32 Å². The maximum Gasteiger partial charge on any atom is 0.150 e. The van der Waals surface area contributed by atoms with Gasteiger partial charge < -0.3 is 5.32 Å². The Kier molecular flexibility index (Phi) is 3.29. The molecule has 17 heavy (non-hydrogen) atoms. The first-order chi connectivity index (χ1) is 8.09. The largest absolute Gasteiger partial charge is 0.370 e. The highest BCUT2D eigenvalue weighted by Crippen LogP contribution is 2.18. The molecule has 1 saturated heterocycles. The Bertz CT molecular complexity index is 548. The number of rotatable bonds is 3. The Hall–Kier alpha value is -1.61. The number of nitriles is 1. The lowest BCUT2D eigenvalue weighted by Gasteiger charge is -2.09. The lowest BCUT2D eigenvalue weighted by atomic mass is 10.1. The van der Waals surface area contributed by atoms with Crippen LogP contribution in [0.4, 0.5) is 5.82 Å². The Morgan fingerprint density at radius 2 is 2.35 bits per heavy atom. The molecule has 0 bridgehead atoms. The molecule has 0 radical (unpaired) electrons. The third-order valence-electron chi connectivity index (χ3n) is 2.76. The first-order valence-corrected chi connectivity index (χ1v) is 7.23. The number of anilines is 1. The van der Waals surface area contributed by atoms with Crippen molar-refractivity contribution >= 4 is 15.7 Å². The molecule has 0 aromatic carbocycles. The Morgan fingerprint density at radius 1 is 1.53 bits per heavy atom. The molecule has 2 rings (SSSR count). The molecular formula is C11H13N3O2S. The van der Waals surface area contributed by atoms with Gasteiger partial charge in [-0.3, -0.25) is 0 Å². The number of hydrogen-bond acceptors (Lipinski definition) is 5. The van der Waals surface area contributed by atoms with Gasteiger partial charge in [-0.15, -0.1) is 0 Å². The van der Waals surface area contributed by atoms with Crippen LogP contribution in [0, 0.1) is 17.2 Å². The molecule has 1 atom stereocenters. The third kappa shape index (κ3) is 3.17. The SMILES string of the molecule is N#Cc1cccc(NCC2CCS(=O)(=O)C2)n1. The second kappa shape index (κ2) is 4.72. The minimum absolute atomic E-state index is 0.146. The Morgan fingerprint density at radius 3 is 3.00 bits per heavy atom. The second-order valence-corrected chi connectivity index (χ2v) is 6.40. The quantitative estimate of drug-likeness (QED) is 0.859. The fraction of sp³-hybridized carbons (Fsp3) is 0.455. The van der Waals surface area contributed by atoms with Gasteiger partial charge in [-0.1, -0.05) is 6.07 Å². The summed E-state index contributed by atoms with van der Waals surface area (Å²) in [4.78, 5) is 4.07. The van der Waals surface area contributed by atoms with E-state index in [1.165, 1.54) is 0 Å². The Balaban J connectivity index is 1.93. The molecular weight excluding hydrogens is 238 g/mol. The van der Waals surface area contributed by atoms with E-state index >= 15 is 0 Å². The molecule has 1 fully saturated rings. The average Bonchev–Trinajstić information content (AvgIpc) is 2.67. The zero-order valence-electron chi connectivity index (χ0n) is 9.26. The Labute approximate surface area is 100 Å². The highest BCUT2D eigenvalue weighted by Gasteiger charge is 2.27. The van der Waals surface area contributed by atoms with Crippen molar-refractivity contribution in [3.8, 4) is 6.07 Å². The van der Waals surface area contributed by atoms with Gasteiger partial charge in [0.2, 0.25) is 0 Å². The van der Waals surface area contributed by atoms with Gasteiger partial charge in [-0.2, -0.15) is 5.26 Å². The van der Waals surface area contributed by atoms with E-state index in [4.69, 9.17) is 5.26 Å². The van der Waals surface area contributed by atoms with E-state index in [1.54, 1.807) is 18.2 Å². The van der Waals surface area contributed by atoms with Gasteiger partial charge in [0.15, 0.2) is 9.84 Å². The van der Waals surface area contributed by atoms with Gasteiger partial charge in [-0.05, 0) is 24.5 Å². The predicted molar refractivity (Wildman–Crippen MR) is 64.2 cm³/mol. The summed E-state index contributed by atoms with van der Waals surface area (Å²) in [6.07, 6.45) is 0.702. The van der Waals surface area contributed by atoms with E-state index in [0.29, 0.717) is 24.5 Å². The van der Waals surface area contributed by atoms with Crippen LogP contribution in [-0.2, 0) is 9.84 Å². The maximum absolute atomic E-state index is 11.3. The molecule has 1 aliphatic rings. The average molecular weight is 251 g/mol. The molecule has 1 aliphatic heterocycles. The highest BCUT2D eigenvalue weighted by molar-refractivity contribution is 7.91. The summed E-state index contributed by atoms with van der Waals surface area (Å²) >= 11 is 0. The van der Waals surface area contributed by atoms with Crippen molar-refractivity contribution in [2.45, 2.75) is 6.42 Å². The molecule has 0 saturated carbocycles. The van der Waals surface area contributed by atoms with Gasteiger partial charge in [0.25, 0.3) is 0 Å². The van der Waals surface area contributed by atoms with Crippen LogP contribution >= 0.6 is 0 Å². The minimum atomic E-state index is -2.83. The lowest BCUT2D eigenvalue weighted by Crippen LogP contribution is -2.16. The molecule has 0 amide bonds. The summed E-state index contributed by atoms with van der Waals surface area (Å²) in [6.45, 7) is 0.584. The standard InChI is InChI=1S/C11H13N3O2S/c12-6-10-2-1-3-11(14-10)13-7-9-4-5-17(15,16)8-9/h1-3,9H,4-5,7-8H2,(H,13,14). The molecule has 90 valence electrons. The fourth-order valence-electron chi connectivity index (χ4n) is 1.88. The van der Waals surface area contributed by atoms with Crippen LogP contribution in [0.15, 0.2) is 18.2 Å². The fourth-order valence-corrected chi connectivity index (χ4v) is 3.74. The monoisotopic (exact) mass is 251 g/mol. The molecule has 5 nitrogen and oxygen atoms in total. The van der Waals surface area contributed by atoms with Crippen molar-refractivity contribution in [1.82, 2.24) is 4.98 Å². The summed E-state index contributed by atoms with van der Waals surface area (Å²) in [7, 11) is -2.83. The molecule has 0 aliphatic carbocycles. The van der Waals surface area contributed by atoms with Crippen molar-refractivity contribution in [3.63, 3.8) is 0 Å². The van der Waals surface area contributed by atoms with E-state index < -0.39 is 9.84 Å². The van der Waals surface area contributed by atoms with Crippen LogP contribution in [0.5, 0.6) is 0 Å². The first-order valence-electron chi connectivity index (χ1n) is 5.40. The summed E-state index contributed by atoms with van der Waals surface area (Å²) in [5.41, 5.74) is 0.356. The van der Waals surface area contributed by atoms with Crippen molar-refractivity contribution in [1.29, 1.82) is 5.26 Å². The molecule has 6 heteroatoms. The van der Waals surface area contributed by atoms with Crippen molar-refractivity contribution in [3.05, 3.63) is 23.9 Å². The van der Waals surface area contributed by atoms with Gasteiger partial charge in [0.1, 0.15) is 17.6 Å². The summed E-state index contributed by atoms with van der Waals surface area (Å²) in [6, 6.07) is 7.11. The molecule has 1 N–H and O–H groups in total. The van der Waals surface area contributed by atoms with E-state index in [1.807, 2.05) is 6.07 Å².